The highest BCUT2D eigenvalue weighted by atomic mass is 16.2. The van der Waals surface area contributed by atoms with Gasteiger partial charge in [0.15, 0.2) is 0 Å². The van der Waals surface area contributed by atoms with Crippen LogP contribution in [0.3, 0.4) is 0 Å². The second kappa shape index (κ2) is 7.60. The van der Waals surface area contributed by atoms with Crippen LogP contribution in [-0.2, 0) is 16.1 Å². The van der Waals surface area contributed by atoms with Crippen LogP contribution in [0, 0.1) is 0 Å². The van der Waals surface area contributed by atoms with Crippen molar-refractivity contribution in [1.82, 2.24) is 20.2 Å². The predicted molar refractivity (Wildman–Crippen MR) is 120 cm³/mol. The van der Waals surface area contributed by atoms with Gasteiger partial charge in [0.2, 0.25) is 17.8 Å². The quantitative estimate of drug-likeness (QED) is 0.611. The molecule has 2 aromatic carbocycles. The molecule has 0 bridgehead atoms. The average molecular weight is 430 g/mol. The summed E-state index contributed by atoms with van der Waals surface area (Å²) in [7, 11) is 3.87. The fraction of sp³-hybridized carbons (Fsp3) is 0.261. The number of carbonyl (C=O) groups is 3. The van der Waals surface area contributed by atoms with Gasteiger partial charge in [-0.15, -0.1) is 0 Å². The lowest BCUT2D eigenvalue weighted by Gasteiger charge is -2.29. The first-order chi connectivity index (χ1) is 15.4. The number of fused-ring (bicyclic) bond motifs is 2. The molecule has 0 aliphatic carbocycles. The van der Waals surface area contributed by atoms with Gasteiger partial charge in [0.1, 0.15) is 11.9 Å². The first-order valence-corrected chi connectivity index (χ1v) is 10.4. The SMILES string of the molecule is CN(C)c1nc(Nc2ccc3c(c2)CN(C2CCC(=O)NC2=O)C3=O)nc2ccccc12. The second-order valence-electron chi connectivity index (χ2n) is 8.18. The van der Waals surface area contributed by atoms with Crippen LogP contribution in [0.25, 0.3) is 10.9 Å². The number of aromatic nitrogens is 2. The number of hydrogen-bond donors (Lipinski definition) is 2. The number of carbonyl (C=O) groups excluding carboxylic acids is 3. The van der Waals surface area contributed by atoms with Crippen LogP contribution < -0.4 is 15.5 Å². The van der Waals surface area contributed by atoms with Crippen LogP contribution in [0.4, 0.5) is 17.5 Å². The first-order valence-electron chi connectivity index (χ1n) is 10.4. The van der Waals surface area contributed by atoms with E-state index in [1.165, 1.54) is 4.90 Å². The molecule has 3 amide bonds. The van der Waals surface area contributed by atoms with Gasteiger partial charge >= 0.3 is 0 Å². The van der Waals surface area contributed by atoms with Crippen LogP contribution in [0.1, 0.15) is 28.8 Å². The molecule has 9 heteroatoms. The van der Waals surface area contributed by atoms with Crippen molar-refractivity contribution in [3.8, 4) is 0 Å². The molecule has 1 atom stereocenters. The lowest BCUT2D eigenvalue weighted by Crippen LogP contribution is -2.52. The van der Waals surface area contributed by atoms with Gasteiger partial charge in [0, 0.05) is 43.7 Å². The molecule has 3 heterocycles. The summed E-state index contributed by atoms with van der Waals surface area (Å²) in [6.45, 7) is 0.317. The fourth-order valence-electron chi connectivity index (χ4n) is 4.24. The predicted octanol–water partition coefficient (Wildman–Crippen LogP) is 2.20. The Morgan fingerprint density at radius 1 is 1.09 bits per heavy atom. The maximum Gasteiger partial charge on any atom is 0.255 e. The molecular weight excluding hydrogens is 408 g/mol. The minimum absolute atomic E-state index is 0.196. The maximum absolute atomic E-state index is 12.9. The Kier molecular flexibility index (Phi) is 4.73. The summed E-state index contributed by atoms with van der Waals surface area (Å²) in [5.41, 5.74) is 2.96. The molecule has 5 rings (SSSR count). The van der Waals surface area contributed by atoms with E-state index in [-0.39, 0.29) is 18.2 Å². The minimum atomic E-state index is -0.629. The molecular formula is C23H22N6O3. The zero-order valence-corrected chi connectivity index (χ0v) is 17.8. The molecule has 0 spiro atoms. The monoisotopic (exact) mass is 430 g/mol. The zero-order valence-electron chi connectivity index (χ0n) is 17.8. The van der Waals surface area contributed by atoms with Gasteiger partial charge in [-0.1, -0.05) is 12.1 Å². The highest BCUT2D eigenvalue weighted by molar-refractivity contribution is 6.05. The van der Waals surface area contributed by atoms with Crippen molar-refractivity contribution in [1.29, 1.82) is 0 Å². The zero-order chi connectivity index (χ0) is 22.4. The molecule has 162 valence electrons. The summed E-state index contributed by atoms with van der Waals surface area (Å²) in [6, 6.07) is 12.6. The Balaban J connectivity index is 1.41. The molecule has 2 aliphatic rings. The Morgan fingerprint density at radius 2 is 1.91 bits per heavy atom. The van der Waals surface area contributed by atoms with Crippen molar-refractivity contribution < 1.29 is 14.4 Å². The van der Waals surface area contributed by atoms with Gasteiger partial charge in [0.05, 0.1) is 5.52 Å². The van der Waals surface area contributed by atoms with Gasteiger partial charge in [-0.05, 0) is 42.3 Å². The molecule has 1 aromatic heterocycles. The number of piperidine rings is 1. The van der Waals surface area contributed by atoms with Gasteiger partial charge in [0.25, 0.3) is 5.91 Å². The Bertz CT molecular complexity index is 1270. The number of amides is 3. The molecule has 32 heavy (non-hydrogen) atoms. The summed E-state index contributed by atoms with van der Waals surface area (Å²) in [5, 5.41) is 6.52. The topological polar surface area (TPSA) is 108 Å². The number of rotatable bonds is 4. The van der Waals surface area contributed by atoms with E-state index in [0.29, 0.717) is 24.5 Å². The molecule has 1 fully saturated rings. The number of imide groups is 1. The van der Waals surface area contributed by atoms with Crippen LogP contribution >= 0.6 is 0 Å². The summed E-state index contributed by atoms with van der Waals surface area (Å²) in [5.74, 6) is 0.353. The van der Waals surface area contributed by atoms with Crippen molar-refractivity contribution in [2.75, 3.05) is 24.3 Å². The Labute approximate surface area is 184 Å². The second-order valence-corrected chi connectivity index (χ2v) is 8.18. The highest BCUT2D eigenvalue weighted by Crippen LogP contribution is 2.31. The van der Waals surface area contributed by atoms with E-state index in [4.69, 9.17) is 0 Å². The number of anilines is 3. The smallest absolute Gasteiger partial charge is 0.255 e. The summed E-state index contributed by atoms with van der Waals surface area (Å²) in [4.78, 5) is 49.3. The van der Waals surface area contributed by atoms with E-state index in [1.54, 1.807) is 12.1 Å². The number of nitrogens with one attached hydrogen (secondary N) is 2. The Hall–Kier alpha value is -4.01. The molecule has 0 radical (unpaired) electrons. The number of hydrogen-bond acceptors (Lipinski definition) is 7. The van der Waals surface area contributed by atoms with Crippen molar-refractivity contribution in [3.05, 3.63) is 53.6 Å². The van der Waals surface area contributed by atoms with E-state index >= 15 is 0 Å². The van der Waals surface area contributed by atoms with E-state index in [9.17, 15) is 14.4 Å². The molecule has 1 saturated heterocycles. The van der Waals surface area contributed by atoms with E-state index in [2.05, 4.69) is 20.6 Å². The molecule has 9 nitrogen and oxygen atoms in total. The van der Waals surface area contributed by atoms with E-state index < -0.39 is 11.9 Å². The fourth-order valence-corrected chi connectivity index (χ4v) is 4.24. The van der Waals surface area contributed by atoms with Crippen LogP contribution in [0.2, 0.25) is 0 Å². The molecule has 1 unspecified atom stereocenters. The number of para-hydroxylation sites is 1. The molecule has 2 N–H and O–H groups in total. The van der Waals surface area contributed by atoms with Crippen LogP contribution in [-0.4, -0.2) is 52.7 Å². The van der Waals surface area contributed by atoms with Crippen molar-refractivity contribution in [2.45, 2.75) is 25.4 Å². The standard InChI is InChI=1S/C23H22N6O3/c1-28(2)20-16-5-3-4-6-17(16)25-23(27-20)24-14-7-8-15-13(11-14)12-29(22(15)32)18-9-10-19(30)26-21(18)31/h3-8,11,18H,9-10,12H2,1-2H3,(H,24,25,27)(H,26,30,31). The first kappa shape index (κ1) is 19.9. The molecule has 0 saturated carbocycles. The number of benzene rings is 2. The summed E-state index contributed by atoms with van der Waals surface area (Å²) in [6.07, 6.45) is 0.574. The van der Waals surface area contributed by atoms with E-state index in [0.717, 1.165) is 28.0 Å². The van der Waals surface area contributed by atoms with Crippen molar-refractivity contribution in [2.24, 2.45) is 0 Å². The van der Waals surface area contributed by atoms with Gasteiger partial charge < -0.3 is 15.1 Å². The van der Waals surface area contributed by atoms with E-state index in [1.807, 2.05) is 49.3 Å². The van der Waals surface area contributed by atoms with Crippen molar-refractivity contribution in [3.63, 3.8) is 0 Å². The Morgan fingerprint density at radius 3 is 2.69 bits per heavy atom. The largest absolute Gasteiger partial charge is 0.362 e. The van der Waals surface area contributed by atoms with Gasteiger partial charge in [-0.2, -0.15) is 4.98 Å². The maximum atomic E-state index is 12.9. The minimum Gasteiger partial charge on any atom is -0.362 e. The molecule has 3 aromatic rings. The average Bonchev–Trinajstić information content (AvgIpc) is 3.08. The van der Waals surface area contributed by atoms with Crippen LogP contribution in [0.5, 0.6) is 0 Å². The normalized spacial score (nSPS) is 18.0. The van der Waals surface area contributed by atoms with Gasteiger partial charge in [-0.25, -0.2) is 4.98 Å². The third-order valence-electron chi connectivity index (χ3n) is 5.79. The summed E-state index contributed by atoms with van der Waals surface area (Å²) < 4.78 is 0. The van der Waals surface area contributed by atoms with Crippen LogP contribution in [0.15, 0.2) is 42.5 Å². The third kappa shape index (κ3) is 3.41. The summed E-state index contributed by atoms with van der Waals surface area (Å²) >= 11 is 0. The number of nitrogens with zero attached hydrogens (tertiary/aromatic N) is 4. The lowest BCUT2D eigenvalue weighted by atomic mass is 10.0. The highest BCUT2D eigenvalue weighted by Gasteiger charge is 2.39. The third-order valence-corrected chi connectivity index (χ3v) is 5.79. The van der Waals surface area contributed by atoms with Gasteiger partial charge in [-0.3, -0.25) is 19.7 Å². The lowest BCUT2D eigenvalue weighted by molar-refractivity contribution is -0.136. The van der Waals surface area contributed by atoms with Crippen molar-refractivity contribution >= 4 is 46.1 Å². The molecule has 2 aliphatic heterocycles.